The van der Waals surface area contributed by atoms with Crippen molar-refractivity contribution in [2.75, 3.05) is 0 Å². The Bertz CT molecular complexity index is 1380. The SMILES string of the molecule is O=C(c1ccccc1)N1N=C2/C(=C/c3ccc([N+](=O)[O-])cc3)CCC[C@@H]2[C@@H]1c1ccc([N+](=O)[O-])cc1. The number of nitro groups is 2. The molecule has 9 heteroatoms. The average Bonchev–Trinajstić information content (AvgIpc) is 3.30. The zero-order valence-corrected chi connectivity index (χ0v) is 19.2. The minimum atomic E-state index is -0.446. The Labute approximate surface area is 206 Å². The molecule has 0 radical (unpaired) electrons. The van der Waals surface area contributed by atoms with Crippen LogP contribution in [0.5, 0.6) is 0 Å². The van der Waals surface area contributed by atoms with E-state index in [1.54, 1.807) is 48.5 Å². The van der Waals surface area contributed by atoms with E-state index < -0.39 is 15.9 Å². The maximum absolute atomic E-state index is 13.5. The van der Waals surface area contributed by atoms with Gasteiger partial charge in [0.2, 0.25) is 0 Å². The van der Waals surface area contributed by atoms with Crippen molar-refractivity contribution in [3.63, 3.8) is 0 Å². The van der Waals surface area contributed by atoms with E-state index in [4.69, 9.17) is 5.10 Å². The lowest BCUT2D eigenvalue weighted by molar-refractivity contribution is -0.385. The lowest BCUT2D eigenvalue weighted by Crippen LogP contribution is -2.31. The first-order valence-corrected chi connectivity index (χ1v) is 11.6. The van der Waals surface area contributed by atoms with Crippen LogP contribution >= 0.6 is 0 Å². The molecular weight excluding hydrogens is 460 g/mol. The summed E-state index contributed by atoms with van der Waals surface area (Å²) in [6, 6.07) is 21.1. The number of allylic oxidation sites excluding steroid dienone is 1. The highest BCUT2D eigenvalue weighted by Crippen LogP contribution is 2.45. The Kier molecular flexibility index (Phi) is 6.12. The second-order valence-corrected chi connectivity index (χ2v) is 8.81. The van der Waals surface area contributed by atoms with E-state index in [0.29, 0.717) is 5.56 Å². The first-order valence-electron chi connectivity index (χ1n) is 11.6. The molecule has 0 bridgehead atoms. The molecule has 36 heavy (non-hydrogen) atoms. The van der Waals surface area contributed by atoms with Crippen LogP contribution in [0.25, 0.3) is 6.08 Å². The lowest BCUT2D eigenvalue weighted by Gasteiger charge is -2.29. The number of rotatable bonds is 5. The average molecular weight is 482 g/mol. The minimum absolute atomic E-state index is 0.0128. The number of benzene rings is 3. The molecule has 1 fully saturated rings. The van der Waals surface area contributed by atoms with E-state index in [1.807, 2.05) is 12.1 Å². The number of hydrogen-bond acceptors (Lipinski definition) is 6. The second-order valence-electron chi connectivity index (χ2n) is 8.81. The normalized spacial score (nSPS) is 20.1. The fourth-order valence-corrected chi connectivity index (χ4v) is 4.90. The molecule has 1 heterocycles. The second kappa shape index (κ2) is 9.53. The van der Waals surface area contributed by atoms with E-state index in [-0.39, 0.29) is 23.2 Å². The summed E-state index contributed by atoms with van der Waals surface area (Å²) in [5, 5.41) is 28.5. The van der Waals surface area contributed by atoms with Gasteiger partial charge in [-0.2, -0.15) is 5.10 Å². The molecule has 9 nitrogen and oxygen atoms in total. The van der Waals surface area contributed by atoms with Gasteiger partial charge in [-0.3, -0.25) is 25.0 Å². The molecule has 0 saturated heterocycles. The van der Waals surface area contributed by atoms with Crippen LogP contribution in [0.2, 0.25) is 0 Å². The van der Waals surface area contributed by atoms with Gasteiger partial charge in [0.15, 0.2) is 0 Å². The van der Waals surface area contributed by atoms with Gasteiger partial charge in [-0.1, -0.05) is 30.3 Å². The molecule has 180 valence electrons. The number of hydrazone groups is 1. The summed E-state index contributed by atoms with van der Waals surface area (Å²) in [6.45, 7) is 0. The molecule has 3 aromatic carbocycles. The third-order valence-corrected chi connectivity index (χ3v) is 6.62. The number of non-ortho nitro benzene ring substituents is 2. The van der Waals surface area contributed by atoms with E-state index in [9.17, 15) is 25.0 Å². The van der Waals surface area contributed by atoms with Gasteiger partial charge < -0.3 is 0 Å². The maximum Gasteiger partial charge on any atom is 0.274 e. The van der Waals surface area contributed by atoms with Gasteiger partial charge in [-0.05, 0) is 66.3 Å². The molecule has 0 N–H and O–H groups in total. The molecule has 3 aromatic rings. The number of carbonyl (C=O) groups excluding carboxylic acids is 1. The molecule has 2 atom stereocenters. The molecule has 2 aliphatic rings. The van der Waals surface area contributed by atoms with Crippen LogP contribution in [0.1, 0.15) is 46.8 Å². The monoisotopic (exact) mass is 482 g/mol. The predicted octanol–water partition coefficient (Wildman–Crippen LogP) is 5.94. The quantitative estimate of drug-likeness (QED) is 0.329. The Morgan fingerprint density at radius 2 is 1.50 bits per heavy atom. The number of nitro benzene ring substituents is 2. The van der Waals surface area contributed by atoms with Gasteiger partial charge in [0.25, 0.3) is 17.3 Å². The molecule has 0 unspecified atom stereocenters. The Hall–Kier alpha value is -4.66. The summed E-state index contributed by atoms with van der Waals surface area (Å²) < 4.78 is 0. The Morgan fingerprint density at radius 1 is 0.889 bits per heavy atom. The van der Waals surface area contributed by atoms with E-state index in [2.05, 4.69) is 0 Å². The first-order chi connectivity index (χ1) is 17.4. The number of amides is 1. The van der Waals surface area contributed by atoms with Crippen LogP contribution in [0.3, 0.4) is 0 Å². The third kappa shape index (κ3) is 4.38. The topological polar surface area (TPSA) is 119 Å². The highest BCUT2D eigenvalue weighted by molar-refractivity contribution is 6.09. The molecule has 1 aliphatic carbocycles. The largest absolute Gasteiger partial charge is 0.274 e. The minimum Gasteiger partial charge on any atom is -0.267 e. The van der Waals surface area contributed by atoms with Gasteiger partial charge in [0.05, 0.1) is 21.6 Å². The van der Waals surface area contributed by atoms with E-state index in [0.717, 1.165) is 41.7 Å². The molecule has 5 rings (SSSR count). The van der Waals surface area contributed by atoms with Crippen LogP contribution in [0, 0.1) is 26.1 Å². The van der Waals surface area contributed by atoms with Crippen molar-refractivity contribution in [3.05, 3.63) is 121 Å². The summed E-state index contributed by atoms with van der Waals surface area (Å²) in [5.41, 5.74) is 3.91. The zero-order chi connectivity index (χ0) is 25.2. The number of nitrogens with zero attached hydrogens (tertiary/aromatic N) is 4. The molecular formula is C27H22N4O5. The van der Waals surface area contributed by atoms with Crippen molar-refractivity contribution in [2.45, 2.75) is 25.3 Å². The summed E-state index contributed by atoms with van der Waals surface area (Å²) in [5.74, 6) is -0.312. The van der Waals surface area contributed by atoms with Crippen LogP contribution in [-0.4, -0.2) is 26.5 Å². The van der Waals surface area contributed by atoms with Crippen molar-refractivity contribution >= 4 is 29.1 Å². The van der Waals surface area contributed by atoms with Gasteiger partial charge in [-0.15, -0.1) is 0 Å². The summed E-state index contributed by atoms with van der Waals surface area (Å²) in [4.78, 5) is 34.8. The van der Waals surface area contributed by atoms with E-state index in [1.165, 1.54) is 29.3 Å². The van der Waals surface area contributed by atoms with E-state index >= 15 is 0 Å². The fraction of sp³-hybridized carbons (Fsp3) is 0.185. The van der Waals surface area contributed by atoms with Crippen molar-refractivity contribution in [3.8, 4) is 0 Å². The Balaban J connectivity index is 1.55. The summed E-state index contributed by atoms with van der Waals surface area (Å²) >= 11 is 0. The molecule has 1 amide bonds. The van der Waals surface area contributed by atoms with Crippen LogP contribution < -0.4 is 0 Å². The Morgan fingerprint density at radius 3 is 2.11 bits per heavy atom. The smallest absolute Gasteiger partial charge is 0.267 e. The number of fused-ring (bicyclic) bond motifs is 1. The summed E-state index contributed by atoms with van der Waals surface area (Å²) in [7, 11) is 0. The lowest BCUT2D eigenvalue weighted by atomic mass is 9.77. The maximum atomic E-state index is 13.5. The van der Waals surface area contributed by atoms with Crippen molar-refractivity contribution in [1.29, 1.82) is 0 Å². The highest BCUT2D eigenvalue weighted by Gasteiger charge is 2.44. The standard InChI is InChI=1S/C27H22N4O5/c32-27(20-5-2-1-3-6-20)29-26(19-11-15-23(16-12-19)31(35)36)24-8-4-7-21(25(24)28-29)17-18-9-13-22(14-10-18)30(33)34/h1-3,5-6,9-17,24,26H,4,7-8H2/b21-17+/t24-,26-/m0/s1. The molecule has 1 aliphatic heterocycles. The van der Waals surface area contributed by atoms with Gasteiger partial charge in [-0.25, -0.2) is 5.01 Å². The molecule has 0 aromatic heterocycles. The summed E-state index contributed by atoms with van der Waals surface area (Å²) in [6.07, 6.45) is 4.45. The van der Waals surface area contributed by atoms with Gasteiger partial charge in [0, 0.05) is 35.7 Å². The van der Waals surface area contributed by atoms with Crippen molar-refractivity contribution in [2.24, 2.45) is 11.0 Å². The van der Waals surface area contributed by atoms with Crippen LogP contribution in [0.4, 0.5) is 11.4 Å². The van der Waals surface area contributed by atoms with Crippen molar-refractivity contribution in [1.82, 2.24) is 5.01 Å². The molecule has 1 saturated carbocycles. The zero-order valence-electron chi connectivity index (χ0n) is 19.2. The van der Waals surface area contributed by atoms with Gasteiger partial charge >= 0.3 is 0 Å². The molecule has 0 spiro atoms. The number of carbonyl (C=O) groups is 1. The van der Waals surface area contributed by atoms with Crippen molar-refractivity contribution < 1.29 is 14.6 Å². The fourth-order valence-electron chi connectivity index (χ4n) is 4.90. The third-order valence-electron chi connectivity index (χ3n) is 6.62. The van der Waals surface area contributed by atoms with Gasteiger partial charge in [0.1, 0.15) is 0 Å². The van der Waals surface area contributed by atoms with Crippen LogP contribution in [-0.2, 0) is 0 Å². The predicted molar refractivity (Wildman–Crippen MR) is 134 cm³/mol. The first kappa shape index (κ1) is 23.1. The number of hydrogen-bond donors (Lipinski definition) is 0. The van der Waals surface area contributed by atoms with Crippen LogP contribution in [0.15, 0.2) is 89.5 Å². The highest BCUT2D eigenvalue weighted by atomic mass is 16.6.